The zero-order valence-corrected chi connectivity index (χ0v) is 17.0. The highest BCUT2D eigenvalue weighted by Crippen LogP contribution is 2.34. The highest BCUT2D eigenvalue weighted by Gasteiger charge is 2.20. The largest absolute Gasteiger partial charge is 0.454 e. The van der Waals surface area contributed by atoms with Gasteiger partial charge in [0.2, 0.25) is 6.79 Å². The van der Waals surface area contributed by atoms with Crippen LogP contribution in [-0.4, -0.2) is 43.9 Å². The molecule has 0 atom stereocenters. The number of anilines is 1. The van der Waals surface area contributed by atoms with Gasteiger partial charge in [0.25, 0.3) is 0 Å². The van der Waals surface area contributed by atoms with Gasteiger partial charge in [-0.05, 0) is 93.2 Å². The zero-order chi connectivity index (χ0) is 20.8. The molecule has 7 heteroatoms. The number of carbonyl (C=O) groups is 1. The third-order valence-electron chi connectivity index (χ3n) is 5.71. The fraction of sp³-hybridized carbons (Fsp3) is 0.435. The average molecular weight is 413 g/mol. The molecule has 0 spiro atoms. The van der Waals surface area contributed by atoms with Crippen molar-refractivity contribution in [2.45, 2.75) is 25.7 Å². The van der Waals surface area contributed by atoms with Crippen LogP contribution < -0.4 is 20.1 Å². The average Bonchev–Trinajstić information content (AvgIpc) is 3.22. The van der Waals surface area contributed by atoms with Gasteiger partial charge < -0.3 is 25.0 Å². The first-order valence-corrected chi connectivity index (χ1v) is 10.6. The molecule has 1 saturated heterocycles. The number of urea groups is 1. The summed E-state index contributed by atoms with van der Waals surface area (Å²) in [5, 5.41) is 5.56. The van der Waals surface area contributed by atoms with E-state index in [-0.39, 0.29) is 11.8 Å². The minimum absolute atomic E-state index is 0.260. The van der Waals surface area contributed by atoms with Crippen LogP contribution in [0.15, 0.2) is 42.5 Å². The smallest absolute Gasteiger partial charge is 0.319 e. The van der Waals surface area contributed by atoms with Gasteiger partial charge in [-0.3, -0.25) is 0 Å². The van der Waals surface area contributed by atoms with Gasteiger partial charge in [-0.2, -0.15) is 0 Å². The molecule has 2 amide bonds. The van der Waals surface area contributed by atoms with Crippen LogP contribution in [0.25, 0.3) is 0 Å². The Morgan fingerprint density at radius 2 is 1.83 bits per heavy atom. The van der Waals surface area contributed by atoms with E-state index >= 15 is 0 Å². The third-order valence-corrected chi connectivity index (χ3v) is 5.71. The summed E-state index contributed by atoms with van der Waals surface area (Å²) in [5.41, 5.74) is 1.90. The number of carbonyl (C=O) groups excluding carboxylic acids is 1. The van der Waals surface area contributed by atoms with Crippen molar-refractivity contribution in [1.29, 1.82) is 0 Å². The molecular weight excluding hydrogens is 385 g/mol. The first-order valence-electron chi connectivity index (χ1n) is 10.6. The molecule has 0 aromatic heterocycles. The molecule has 0 unspecified atom stereocenters. The van der Waals surface area contributed by atoms with Gasteiger partial charge in [0.1, 0.15) is 5.82 Å². The highest BCUT2D eigenvalue weighted by molar-refractivity contribution is 5.89. The van der Waals surface area contributed by atoms with Crippen molar-refractivity contribution in [3.8, 4) is 11.5 Å². The Bertz CT molecular complexity index is 851. The summed E-state index contributed by atoms with van der Waals surface area (Å²) >= 11 is 0. The number of nitrogens with one attached hydrogen (secondary N) is 2. The van der Waals surface area contributed by atoms with Crippen LogP contribution in [0.1, 0.15) is 24.8 Å². The normalized spacial score (nSPS) is 16.4. The van der Waals surface area contributed by atoms with Gasteiger partial charge in [-0.15, -0.1) is 0 Å². The summed E-state index contributed by atoms with van der Waals surface area (Å²) in [7, 11) is 0. The topological polar surface area (TPSA) is 62.8 Å². The number of fused-ring (bicyclic) bond motifs is 1. The van der Waals surface area contributed by atoms with Crippen LogP contribution in [-0.2, 0) is 6.42 Å². The van der Waals surface area contributed by atoms with Gasteiger partial charge >= 0.3 is 6.03 Å². The molecular formula is C23H28FN3O3. The maximum absolute atomic E-state index is 12.9. The number of hydrogen-bond donors (Lipinski definition) is 2. The molecule has 0 bridgehead atoms. The van der Waals surface area contributed by atoms with Gasteiger partial charge in [0, 0.05) is 12.2 Å². The summed E-state index contributed by atoms with van der Waals surface area (Å²) < 4.78 is 23.7. The van der Waals surface area contributed by atoms with Gasteiger partial charge in [-0.1, -0.05) is 6.07 Å². The first-order chi connectivity index (χ1) is 14.7. The number of likely N-dealkylation sites (tertiary alicyclic amines) is 1. The van der Waals surface area contributed by atoms with Crippen molar-refractivity contribution in [1.82, 2.24) is 10.2 Å². The Labute approximate surface area is 176 Å². The van der Waals surface area contributed by atoms with Crippen LogP contribution >= 0.6 is 0 Å². The number of piperidine rings is 1. The van der Waals surface area contributed by atoms with E-state index in [1.54, 1.807) is 12.1 Å². The quantitative estimate of drug-likeness (QED) is 0.673. The Balaban J connectivity index is 1.10. The summed E-state index contributed by atoms with van der Waals surface area (Å²) in [6.45, 7) is 4.10. The van der Waals surface area contributed by atoms with Crippen molar-refractivity contribution in [2.75, 3.05) is 38.3 Å². The van der Waals surface area contributed by atoms with E-state index in [1.165, 1.54) is 30.5 Å². The van der Waals surface area contributed by atoms with Crippen molar-refractivity contribution in [3.63, 3.8) is 0 Å². The fourth-order valence-corrected chi connectivity index (χ4v) is 4.03. The van der Waals surface area contributed by atoms with Crippen LogP contribution in [0.4, 0.5) is 14.9 Å². The fourth-order valence-electron chi connectivity index (χ4n) is 4.03. The summed E-state index contributed by atoms with van der Waals surface area (Å²) in [6, 6.07) is 11.7. The number of rotatable bonds is 7. The highest BCUT2D eigenvalue weighted by atomic mass is 19.1. The van der Waals surface area contributed by atoms with E-state index in [0.29, 0.717) is 24.9 Å². The van der Waals surface area contributed by atoms with E-state index in [1.807, 2.05) is 6.07 Å². The monoisotopic (exact) mass is 413 g/mol. The molecule has 30 heavy (non-hydrogen) atoms. The Morgan fingerprint density at radius 1 is 1.07 bits per heavy atom. The second-order valence-electron chi connectivity index (χ2n) is 7.92. The lowest BCUT2D eigenvalue weighted by Gasteiger charge is -2.32. The zero-order valence-electron chi connectivity index (χ0n) is 17.0. The minimum Gasteiger partial charge on any atom is -0.454 e. The Morgan fingerprint density at radius 3 is 2.63 bits per heavy atom. The van der Waals surface area contributed by atoms with Crippen molar-refractivity contribution in [2.24, 2.45) is 5.92 Å². The molecule has 0 saturated carbocycles. The second kappa shape index (κ2) is 9.80. The molecule has 2 aliphatic rings. The van der Waals surface area contributed by atoms with E-state index < -0.39 is 0 Å². The SMILES string of the molecule is O=C(NCCCN1CCC(Cc2ccc3c(c2)OCO3)CC1)Nc1ccc(F)cc1. The maximum Gasteiger partial charge on any atom is 0.319 e. The van der Waals surface area contributed by atoms with E-state index in [4.69, 9.17) is 9.47 Å². The molecule has 2 aromatic carbocycles. The molecule has 2 aliphatic heterocycles. The molecule has 6 nitrogen and oxygen atoms in total. The molecule has 2 N–H and O–H groups in total. The van der Waals surface area contributed by atoms with Crippen molar-refractivity contribution in [3.05, 3.63) is 53.8 Å². The van der Waals surface area contributed by atoms with Crippen molar-refractivity contribution < 1.29 is 18.7 Å². The van der Waals surface area contributed by atoms with Crippen LogP contribution in [0, 0.1) is 11.7 Å². The lowest BCUT2D eigenvalue weighted by Crippen LogP contribution is -2.37. The summed E-state index contributed by atoms with van der Waals surface area (Å²) in [5.74, 6) is 2.08. The second-order valence-corrected chi connectivity index (χ2v) is 7.92. The van der Waals surface area contributed by atoms with Gasteiger partial charge in [-0.25, -0.2) is 9.18 Å². The standard InChI is InChI=1S/C23H28FN3O3/c24-19-3-5-20(6-4-19)26-23(28)25-10-1-11-27-12-8-17(9-13-27)14-18-2-7-21-22(15-18)30-16-29-21/h2-7,15,17H,1,8-14,16H2,(H2,25,26,28). The number of hydrogen-bond acceptors (Lipinski definition) is 4. The molecule has 0 aliphatic carbocycles. The van der Waals surface area contributed by atoms with Crippen molar-refractivity contribution >= 4 is 11.7 Å². The number of amides is 2. The van der Waals surface area contributed by atoms with Crippen LogP contribution in [0.3, 0.4) is 0 Å². The first kappa shape index (κ1) is 20.5. The Kier molecular flexibility index (Phi) is 6.69. The predicted molar refractivity (Wildman–Crippen MR) is 113 cm³/mol. The van der Waals surface area contributed by atoms with Gasteiger partial charge in [0.05, 0.1) is 0 Å². The molecule has 1 fully saturated rings. The molecule has 2 heterocycles. The lowest BCUT2D eigenvalue weighted by atomic mass is 9.90. The summed E-state index contributed by atoms with van der Waals surface area (Å²) in [6.07, 6.45) is 4.36. The molecule has 2 aromatic rings. The lowest BCUT2D eigenvalue weighted by molar-refractivity contribution is 0.173. The third kappa shape index (κ3) is 5.63. The molecule has 0 radical (unpaired) electrons. The van der Waals surface area contributed by atoms with Gasteiger partial charge in [0.15, 0.2) is 11.5 Å². The van der Waals surface area contributed by atoms with E-state index in [9.17, 15) is 9.18 Å². The van der Waals surface area contributed by atoms with Crippen LogP contribution in [0.5, 0.6) is 11.5 Å². The maximum atomic E-state index is 12.9. The number of nitrogens with zero attached hydrogens (tertiary/aromatic N) is 1. The molecule has 4 rings (SSSR count). The van der Waals surface area contributed by atoms with Crippen LogP contribution in [0.2, 0.25) is 0 Å². The Hall–Kier alpha value is -2.80. The minimum atomic E-state index is -0.319. The van der Waals surface area contributed by atoms with E-state index in [0.717, 1.165) is 44.0 Å². The van der Waals surface area contributed by atoms with E-state index in [2.05, 4.69) is 27.7 Å². The predicted octanol–water partition coefficient (Wildman–Crippen LogP) is 4.02. The number of benzene rings is 2. The number of halogens is 1. The summed E-state index contributed by atoms with van der Waals surface area (Å²) in [4.78, 5) is 14.4. The molecule has 160 valence electrons. The number of ether oxygens (including phenoxy) is 2.